The van der Waals surface area contributed by atoms with Crippen molar-refractivity contribution in [3.05, 3.63) is 12.2 Å². The van der Waals surface area contributed by atoms with Crippen LogP contribution in [0.15, 0.2) is 12.2 Å². The normalized spacial score (nSPS) is 14.5. The molecule has 0 aliphatic heterocycles. The van der Waals surface area contributed by atoms with Gasteiger partial charge in [0.1, 0.15) is 13.2 Å². The molecule has 0 aromatic carbocycles. The molecule has 0 saturated carbocycles. The topological polar surface area (TPSA) is 108 Å². The highest BCUT2D eigenvalue weighted by Gasteiger charge is 2.23. The van der Waals surface area contributed by atoms with Crippen molar-refractivity contribution in [2.45, 2.75) is 219 Å². The smallest absolute Gasteiger partial charge is 0.268 e. The number of nitrogens with one attached hydrogen (secondary N) is 1. The van der Waals surface area contributed by atoms with Gasteiger partial charge in [0.05, 0.1) is 39.9 Å². The zero-order chi connectivity index (χ0) is 38.6. The predicted molar refractivity (Wildman–Crippen MR) is 219 cm³/mol. The number of allylic oxidation sites excluding steroid dienone is 1. The van der Waals surface area contributed by atoms with Gasteiger partial charge in [0.2, 0.25) is 5.91 Å². The number of carbonyl (C=O) groups is 1. The third kappa shape index (κ3) is 37.6. The molecule has 0 fully saturated rings. The van der Waals surface area contributed by atoms with Crippen molar-refractivity contribution in [2.24, 2.45) is 0 Å². The van der Waals surface area contributed by atoms with Gasteiger partial charge in [-0.2, -0.15) is 0 Å². The first-order valence-electron chi connectivity index (χ1n) is 22.1. The van der Waals surface area contributed by atoms with Crippen molar-refractivity contribution >= 4 is 13.7 Å². The zero-order valence-corrected chi connectivity index (χ0v) is 35.9. The maximum absolute atomic E-state index is 12.8. The summed E-state index contributed by atoms with van der Waals surface area (Å²) < 4.78 is 23.2. The zero-order valence-electron chi connectivity index (χ0n) is 35.0. The molecule has 0 spiro atoms. The van der Waals surface area contributed by atoms with E-state index in [4.69, 9.17) is 9.05 Å². The first-order valence-corrected chi connectivity index (χ1v) is 23.5. The molecule has 310 valence electrons. The van der Waals surface area contributed by atoms with Crippen molar-refractivity contribution in [2.75, 3.05) is 40.9 Å². The van der Waals surface area contributed by atoms with E-state index in [1.165, 1.54) is 148 Å². The van der Waals surface area contributed by atoms with E-state index < -0.39 is 20.0 Å². The summed E-state index contributed by atoms with van der Waals surface area (Å²) in [4.78, 5) is 25.2. The standard InChI is InChI=1S/C43H87N2O6P/c1-6-8-10-12-14-16-18-20-21-22-23-25-26-28-30-32-34-36-42(46)41(40-51-52(48,49)50-39-38-45(3,4)5)44-43(47)37-35-33-31-29-27-24-19-17-15-13-11-9-7-2/h34,36,41-42,46H,6-33,35,37-40H2,1-5H3,(H-,44,47,48,49)/b36-34+/t41-,42+/m0/s1. The molecular formula is C43H87N2O6P. The molecule has 0 rings (SSSR count). The number of unbranched alkanes of at least 4 members (excludes halogenated alkanes) is 27. The van der Waals surface area contributed by atoms with Gasteiger partial charge in [0.25, 0.3) is 7.82 Å². The summed E-state index contributed by atoms with van der Waals surface area (Å²) in [5.41, 5.74) is 0. The number of amides is 1. The Balaban J connectivity index is 4.41. The number of phosphoric ester groups is 1. The number of hydrogen-bond acceptors (Lipinski definition) is 6. The number of aliphatic hydroxyl groups is 1. The Labute approximate surface area is 322 Å². The first-order chi connectivity index (χ1) is 25.0. The molecule has 0 heterocycles. The fourth-order valence-electron chi connectivity index (χ4n) is 6.45. The Kier molecular flexibility index (Phi) is 35.4. The monoisotopic (exact) mass is 759 g/mol. The van der Waals surface area contributed by atoms with Crippen LogP contribution in [0.1, 0.15) is 206 Å². The molecule has 9 heteroatoms. The Hall–Kier alpha value is -0.760. The van der Waals surface area contributed by atoms with Crippen molar-refractivity contribution in [1.29, 1.82) is 0 Å². The molecule has 0 radical (unpaired) electrons. The second-order valence-electron chi connectivity index (χ2n) is 16.4. The maximum atomic E-state index is 12.8. The van der Waals surface area contributed by atoms with Crippen LogP contribution < -0.4 is 10.2 Å². The number of quaternary nitrogens is 1. The molecule has 0 aromatic heterocycles. The van der Waals surface area contributed by atoms with Gasteiger partial charge in [-0.05, 0) is 19.3 Å². The number of rotatable bonds is 40. The highest BCUT2D eigenvalue weighted by atomic mass is 31.2. The van der Waals surface area contributed by atoms with E-state index >= 15 is 0 Å². The molecule has 3 atom stereocenters. The summed E-state index contributed by atoms with van der Waals surface area (Å²) in [6.45, 7) is 4.65. The van der Waals surface area contributed by atoms with E-state index in [1.807, 2.05) is 27.2 Å². The van der Waals surface area contributed by atoms with Crippen molar-refractivity contribution in [3.63, 3.8) is 0 Å². The van der Waals surface area contributed by atoms with Gasteiger partial charge in [0.15, 0.2) is 0 Å². The van der Waals surface area contributed by atoms with Crippen LogP contribution in [0.4, 0.5) is 0 Å². The quantitative estimate of drug-likeness (QED) is 0.0279. The van der Waals surface area contributed by atoms with E-state index in [9.17, 15) is 19.4 Å². The number of aliphatic hydroxyl groups excluding tert-OH is 1. The Bertz CT molecular complexity index is 865. The minimum Gasteiger partial charge on any atom is -0.756 e. The van der Waals surface area contributed by atoms with Crippen LogP contribution in [0.3, 0.4) is 0 Å². The summed E-state index contributed by atoms with van der Waals surface area (Å²) in [5, 5.41) is 13.8. The molecule has 0 aliphatic carbocycles. The van der Waals surface area contributed by atoms with Gasteiger partial charge in [-0.3, -0.25) is 9.36 Å². The third-order valence-electron chi connectivity index (χ3n) is 10.00. The largest absolute Gasteiger partial charge is 0.756 e. The van der Waals surface area contributed by atoms with Gasteiger partial charge < -0.3 is 28.8 Å². The maximum Gasteiger partial charge on any atom is 0.268 e. The van der Waals surface area contributed by atoms with Crippen LogP contribution in [0.25, 0.3) is 0 Å². The van der Waals surface area contributed by atoms with E-state index in [0.29, 0.717) is 17.4 Å². The second-order valence-corrected chi connectivity index (χ2v) is 17.8. The molecule has 0 saturated heterocycles. The lowest BCUT2D eigenvalue weighted by atomic mass is 10.0. The minimum absolute atomic E-state index is 0.00205. The molecule has 0 bridgehead atoms. The van der Waals surface area contributed by atoms with Gasteiger partial charge >= 0.3 is 0 Å². The van der Waals surface area contributed by atoms with Gasteiger partial charge in [-0.1, -0.05) is 193 Å². The second kappa shape index (κ2) is 35.9. The summed E-state index contributed by atoms with van der Waals surface area (Å²) >= 11 is 0. The first kappa shape index (κ1) is 51.2. The SMILES string of the molecule is CCCCCCCCCCCCCCCCC/C=C/[C@@H](O)[C@H](COP(=O)([O-])OCC[N+](C)(C)C)NC(=O)CCCCCCCCCCCCCCC. The Morgan fingerprint density at radius 2 is 1.04 bits per heavy atom. The van der Waals surface area contributed by atoms with E-state index in [2.05, 4.69) is 19.2 Å². The summed E-state index contributed by atoms with van der Waals surface area (Å²) in [5.74, 6) is -0.196. The molecule has 52 heavy (non-hydrogen) atoms. The molecule has 1 amide bonds. The van der Waals surface area contributed by atoms with Crippen molar-refractivity contribution in [1.82, 2.24) is 5.32 Å². The molecular weight excluding hydrogens is 671 g/mol. The lowest BCUT2D eigenvalue weighted by molar-refractivity contribution is -0.870. The van der Waals surface area contributed by atoms with Crippen molar-refractivity contribution < 1.29 is 32.9 Å². The predicted octanol–water partition coefficient (Wildman–Crippen LogP) is 11.3. The lowest BCUT2D eigenvalue weighted by Crippen LogP contribution is -2.45. The third-order valence-corrected chi connectivity index (χ3v) is 11.0. The average molecular weight is 759 g/mol. The van der Waals surface area contributed by atoms with Gasteiger partial charge in [0, 0.05) is 6.42 Å². The molecule has 0 aromatic rings. The van der Waals surface area contributed by atoms with E-state index in [1.54, 1.807) is 6.08 Å². The Morgan fingerprint density at radius 3 is 1.44 bits per heavy atom. The molecule has 2 N–H and O–H groups in total. The van der Waals surface area contributed by atoms with Crippen LogP contribution >= 0.6 is 7.82 Å². The number of phosphoric acid groups is 1. The highest BCUT2D eigenvalue weighted by Crippen LogP contribution is 2.38. The van der Waals surface area contributed by atoms with Crippen LogP contribution in [0.2, 0.25) is 0 Å². The fourth-order valence-corrected chi connectivity index (χ4v) is 7.17. The van der Waals surface area contributed by atoms with Gasteiger partial charge in [-0.15, -0.1) is 0 Å². The average Bonchev–Trinajstić information content (AvgIpc) is 3.09. The number of likely N-dealkylation sites (N-methyl/N-ethyl adjacent to an activating group) is 1. The van der Waals surface area contributed by atoms with Crippen LogP contribution in [-0.4, -0.2) is 68.5 Å². The summed E-state index contributed by atoms with van der Waals surface area (Å²) in [7, 11) is 1.27. The summed E-state index contributed by atoms with van der Waals surface area (Å²) in [6.07, 6.45) is 39.6. The van der Waals surface area contributed by atoms with Crippen LogP contribution in [0.5, 0.6) is 0 Å². The van der Waals surface area contributed by atoms with Crippen LogP contribution in [-0.2, 0) is 18.4 Å². The lowest BCUT2D eigenvalue weighted by Gasteiger charge is -2.29. The van der Waals surface area contributed by atoms with E-state index in [0.717, 1.165) is 38.5 Å². The van der Waals surface area contributed by atoms with Crippen LogP contribution in [0, 0.1) is 0 Å². The fraction of sp³-hybridized carbons (Fsp3) is 0.930. The Morgan fingerprint density at radius 1 is 0.654 bits per heavy atom. The molecule has 0 aliphatic rings. The summed E-state index contributed by atoms with van der Waals surface area (Å²) in [6, 6.07) is -0.879. The van der Waals surface area contributed by atoms with Gasteiger partial charge in [-0.25, -0.2) is 0 Å². The number of nitrogens with zero attached hydrogens (tertiary/aromatic N) is 1. The van der Waals surface area contributed by atoms with Crippen molar-refractivity contribution in [3.8, 4) is 0 Å². The highest BCUT2D eigenvalue weighted by molar-refractivity contribution is 7.45. The number of hydrogen-bond donors (Lipinski definition) is 2. The molecule has 1 unspecified atom stereocenters. The molecule has 8 nitrogen and oxygen atoms in total. The van der Waals surface area contributed by atoms with E-state index in [-0.39, 0.29) is 19.1 Å². The minimum atomic E-state index is -4.58. The number of carbonyl (C=O) groups excluding carboxylic acids is 1.